The molecule has 0 saturated heterocycles. The van der Waals surface area contributed by atoms with Gasteiger partial charge in [-0.2, -0.15) is 0 Å². The van der Waals surface area contributed by atoms with Crippen molar-refractivity contribution in [3.63, 3.8) is 0 Å². The molecule has 0 aliphatic carbocycles. The number of anilines is 1. The Balaban J connectivity index is 1.88. The first-order valence-corrected chi connectivity index (χ1v) is 7.87. The number of benzene rings is 2. The summed E-state index contributed by atoms with van der Waals surface area (Å²) in [5.74, 6) is -0.0135. The Bertz CT molecular complexity index is 638. The van der Waals surface area contributed by atoms with Crippen LogP contribution in [0.5, 0.6) is 0 Å². The third-order valence-corrected chi connectivity index (χ3v) is 3.74. The zero-order valence-electron chi connectivity index (χ0n) is 13.7. The second-order valence-corrected chi connectivity index (χ2v) is 5.71. The van der Waals surface area contributed by atoms with Crippen molar-refractivity contribution in [2.75, 3.05) is 18.9 Å². The maximum atomic E-state index is 12.2. The van der Waals surface area contributed by atoms with Gasteiger partial charge in [0.05, 0.1) is 13.2 Å². The number of nitrogens with zero attached hydrogens (tertiary/aromatic N) is 1. The highest BCUT2D eigenvalue weighted by Crippen LogP contribution is 2.15. The van der Waals surface area contributed by atoms with Crippen LogP contribution >= 0.6 is 0 Å². The number of hydrogen-bond acceptors (Lipinski definition) is 3. The first kappa shape index (κ1) is 17.2. The number of aliphatic hydroxyl groups is 1. The van der Waals surface area contributed by atoms with Gasteiger partial charge in [0.2, 0.25) is 5.91 Å². The molecule has 0 saturated carbocycles. The van der Waals surface area contributed by atoms with Crippen molar-refractivity contribution < 1.29 is 9.90 Å². The highest BCUT2D eigenvalue weighted by Gasteiger charge is 2.09. The number of likely N-dealkylation sites (N-methyl/N-ethyl adjacent to an activating group) is 1. The molecule has 0 spiro atoms. The lowest BCUT2D eigenvalue weighted by Crippen LogP contribution is -2.30. The maximum Gasteiger partial charge on any atom is 0.238 e. The summed E-state index contributed by atoms with van der Waals surface area (Å²) >= 11 is 0. The van der Waals surface area contributed by atoms with Crippen LogP contribution in [0.15, 0.2) is 48.5 Å². The van der Waals surface area contributed by atoms with Crippen LogP contribution in [-0.4, -0.2) is 29.5 Å². The number of para-hydroxylation sites is 1. The molecular formula is C19H24N2O2. The molecule has 0 radical (unpaired) electrons. The largest absolute Gasteiger partial charge is 0.392 e. The Morgan fingerprint density at radius 1 is 1.09 bits per heavy atom. The zero-order valence-corrected chi connectivity index (χ0v) is 13.7. The number of rotatable bonds is 7. The van der Waals surface area contributed by atoms with Gasteiger partial charge in [-0.15, -0.1) is 0 Å². The van der Waals surface area contributed by atoms with Crippen molar-refractivity contribution in [1.82, 2.24) is 4.90 Å². The van der Waals surface area contributed by atoms with Crippen LogP contribution in [0.3, 0.4) is 0 Å². The maximum absolute atomic E-state index is 12.2. The molecule has 0 bridgehead atoms. The SMILES string of the molecule is CCc1ccccc1NC(=O)CN(C)Cc1ccc(CO)cc1. The van der Waals surface area contributed by atoms with Crippen LogP contribution in [0.25, 0.3) is 0 Å². The molecule has 0 fully saturated rings. The van der Waals surface area contributed by atoms with E-state index in [1.807, 2.05) is 60.5 Å². The highest BCUT2D eigenvalue weighted by molar-refractivity contribution is 5.92. The molecular weight excluding hydrogens is 288 g/mol. The smallest absolute Gasteiger partial charge is 0.238 e. The fraction of sp³-hybridized carbons (Fsp3) is 0.316. The predicted octanol–water partition coefficient (Wildman–Crippen LogP) is 2.81. The van der Waals surface area contributed by atoms with Gasteiger partial charge < -0.3 is 10.4 Å². The summed E-state index contributed by atoms with van der Waals surface area (Å²) in [4.78, 5) is 14.2. The average molecular weight is 312 g/mol. The van der Waals surface area contributed by atoms with Crippen LogP contribution in [0.2, 0.25) is 0 Å². The Labute approximate surface area is 137 Å². The molecule has 0 atom stereocenters. The number of aryl methyl sites for hydroxylation is 1. The monoisotopic (exact) mass is 312 g/mol. The predicted molar refractivity (Wildman–Crippen MR) is 93.1 cm³/mol. The second-order valence-electron chi connectivity index (χ2n) is 5.71. The zero-order chi connectivity index (χ0) is 16.7. The quantitative estimate of drug-likeness (QED) is 0.826. The van der Waals surface area contributed by atoms with Crippen molar-refractivity contribution >= 4 is 11.6 Å². The van der Waals surface area contributed by atoms with Crippen LogP contribution < -0.4 is 5.32 Å². The first-order valence-electron chi connectivity index (χ1n) is 7.87. The number of carbonyl (C=O) groups is 1. The van der Waals surface area contributed by atoms with E-state index in [0.29, 0.717) is 13.1 Å². The Morgan fingerprint density at radius 3 is 2.39 bits per heavy atom. The van der Waals surface area contributed by atoms with Gasteiger partial charge in [0, 0.05) is 12.2 Å². The number of nitrogens with one attached hydrogen (secondary N) is 1. The molecule has 1 amide bonds. The normalized spacial score (nSPS) is 10.8. The molecule has 23 heavy (non-hydrogen) atoms. The van der Waals surface area contributed by atoms with Crippen LogP contribution in [0.1, 0.15) is 23.6 Å². The summed E-state index contributed by atoms with van der Waals surface area (Å²) in [6.07, 6.45) is 0.892. The van der Waals surface area contributed by atoms with Gasteiger partial charge in [0.1, 0.15) is 0 Å². The number of carbonyl (C=O) groups excluding carboxylic acids is 1. The molecule has 0 unspecified atom stereocenters. The molecule has 2 aromatic rings. The topological polar surface area (TPSA) is 52.6 Å². The minimum absolute atomic E-state index is 0.0135. The molecule has 2 aromatic carbocycles. The molecule has 122 valence electrons. The Hall–Kier alpha value is -2.17. The van der Waals surface area contributed by atoms with Crippen LogP contribution in [0, 0.1) is 0 Å². The van der Waals surface area contributed by atoms with E-state index < -0.39 is 0 Å². The summed E-state index contributed by atoms with van der Waals surface area (Å²) in [6.45, 7) is 3.15. The highest BCUT2D eigenvalue weighted by atomic mass is 16.3. The van der Waals surface area contributed by atoms with Crippen molar-refractivity contribution in [1.29, 1.82) is 0 Å². The van der Waals surface area contributed by atoms with Gasteiger partial charge in [0.15, 0.2) is 0 Å². The number of aliphatic hydroxyl groups excluding tert-OH is 1. The summed E-state index contributed by atoms with van der Waals surface area (Å²) < 4.78 is 0. The van der Waals surface area contributed by atoms with Gasteiger partial charge in [-0.1, -0.05) is 49.4 Å². The van der Waals surface area contributed by atoms with Crippen molar-refractivity contribution in [2.45, 2.75) is 26.5 Å². The minimum atomic E-state index is -0.0135. The van der Waals surface area contributed by atoms with E-state index in [-0.39, 0.29) is 12.5 Å². The van der Waals surface area contributed by atoms with Crippen LogP contribution in [-0.2, 0) is 24.4 Å². The molecule has 2 rings (SSSR count). The van der Waals surface area contributed by atoms with Gasteiger partial charge in [-0.05, 0) is 36.2 Å². The van der Waals surface area contributed by atoms with Gasteiger partial charge in [0.25, 0.3) is 0 Å². The molecule has 0 aromatic heterocycles. The Kier molecular flexibility index (Phi) is 6.32. The van der Waals surface area contributed by atoms with Crippen molar-refractivity contribution in [3.8, 4) is 0 Å². The van der Waals surface area contributed by atoms with Gasteiger partial charge >= 0.3 is 0 Å². The van der Waals surface area contributed by atoms with Gasteiger partial charge in [-0.25, -0.2) is 0 Å². The number of hydrogen-bond donors (Lipinski definition) is 2. The molecule has 4 nitrogen and oxygen atoms in total. The fourth-order valence-electron chi connectivity index (χ4n) is 2.50. The molecule has 4 heteroatoms. The van der Waals surface area contributed by atoms with Crippen molar-refractivity contribution in [3.05, 3.63) is 65.2 Å². The van der Waals surface area contributed by atoms with E-state index in [4.69, 9.17) is 5.11 Å². The minimum Gasteiger partial charge on any atom is -0.392 e. The third kappa shape index (κ3) is 5.20. The van der Waals surface area contributed by atoms with E-state index in [2.05, 4.69) is 12.2 Å². The summed E-state index contributed by atoms with van der Waals surface area (Å²) in [5.41, 5.74) is 4.04. The second kappa shape index (κ2) is 8.46. The molecule has 0 heterocycles. The molecule has 2 N–H and O–H groups in total. The summed E-state index contributed by atoms with van der Waals surface area (Å²) in [5, 5.41) is 12.0. The fourth-order valence-corrected chi connectivity index (χ4v) is 2.50. The lowest BCUT2D eigenvalue weighted by atomic mass is 10.1. The molecule has 0 aliphatic heterocycles. The molecule has 0 aliphatic rings. The average Bonchev–Trinajstić information content (AvgIpc) is 2.55. The lowest BCUT2D eigenvalue weighted by molar-refractivity contribution is -0.117. The van der Waals surface area contributed by atoms with E-state index in [9.17, 15) is 4.79 Å². The number of amides is 1. The van der Waals surface area contributed by atoms with E-state index >= 15 is 0 Å². The van der Waals surface area contributed by atoms with Crippen molar-refractivity contribution in [2.24, 2.45) is 0 Å². The third-order valence-electron chi connectivity index (χ3n) is 3.74. The lowest BCUT2D eigenvalue weighted by Gasteiger charge is -2.17. The summed E-state index contributed by atoms with van der Waals surface area (Å²) in [6, 6.07) is 15.6. The summed E-state index contributed by atoms with van der Waals surface area (Å²) in [7, 11) is 1.92. The van der Waals surface area contributed by atoms with Gasteiger partial charge in [-0.3, -0.25) is 9.69 Å². The Morgan fingerprint density at radius 2 is 1.74 bits per heavy atom. The van der Waals surface area contributed by atoms with E-state index in [0.717, 1.165) is 28.8 Å². The standard InChI is InChI=1S/C19H24N2O2/c1-3-17-6-4-5-7-18(17)20-19(23)13-21(2)12-15-8-10-16(14-22)11-9-15/h4-11,22H,3,12-14H2,1-2H3,(H,20,23). The van der Waals surface area contributed by atoms with E-state index in [1.54, 1.807) is 0 Å². The first-order chi connectivity index (χ1) is 11.1. The van der Waals surface area contributed by atoms with E-state index in [1.165, 1.54) is 0 Å². The van der Waals surface area contributed by atoms with Crippen LogP contribution in [0.4, 0.5) is 5.69 Å².